The molecule has 3 N–H and O–H groups in total. The van der Waals surface area contributed by atoms with Gasteiger partial charge in [0.1, 0.15) is 5.82 Å². The molecule has 0 saturated carbocycles. The largest absolute Gasteiger partial charge is 0.355 e. The molecule has 2 aromatic heterocycles. The highest BCUT2D eigenvalue weighted by atomic mass is 16.1. The lowest BCUT2D eigenvalue weighted by molar-refractivity contribution is 0.102. The molecule has 5 rings (SSSR count). The Labute approximate surface area is 202 Å². The molecule has 7 nitrogen and oxygen atoms in total. The molecule has 0 saturated heterocycles. The van der Waals surface area contributed by atoms with Gasteiger partial charge >= 0.3 is 0 Å². The van der Waals surface area contributed by atoms with Crippen molar-refractivity contribution in [1.29, 1.82) is 5.26 Å². The number of amides is 1. The van der Waals surface area contributed by atoms with Gasteiger partial charge in [0.2, 0.25) is 0 Å². The lowest BCUT2D eigenvalue weighted by Gasteiger charge is -2.11. The summed E-state index contributed by atoms with van der Waals surface area (Å²) in [5.41, 5.74) is 4.34. The molecule has 0 bridgehead atoms. The molecule has 7 heteroatoms. The molecular weight excluding hydrogens is 436 g/mol. The first-order valence-corrected chi connectivity index (χ1v) is 10.9. The van der Waals surface area contributed by atoms with Gasteiger partial charge in [-0.1, -0.05) is 12.1 Å². The number of anilines is 5. The van der Waals surface area contributed by atoms with Crippen LogP contribution in [-0.2, 0) is 0 Å². The van der Waals surface area contributed by atoms with Crippen molar-refractivity contribution in [3.63, 3.8) is 0 Å². The summed E-state index contributed by atoms with van der Waals surface area (Å²) >= 11 is 0. The molecule has 0 fully saturated rings. The maximum Gasteiger partial charge on any atom is 0.255 e. The number of hydrogen-bond donors (Lipinski definition) is 3. The standard InChI is InChI=1S/C28H20N6O/c29-18-19-4-5-20-10-15-31-27(26(20)16-19)33-22-8-6-21(7-9-22)28(35)34-25-3-1-2-24(17-25)32-23-11-13-30-14-12-23/h1-17H,(H,30,32)(H,31,33)(H,34,35). The third-order valence-electron chi connectivity index (χ3n) is 5.39. The fraction of sp³-hybridized carbons (Fsp3) is 0. The Kier molecular flexibility index (Phi) is 6.01. The van der Waals surface area contributed by atoms with Crippen molar-refractivity contribution in [2.24, 2.45) is 0 Å². The topological polar surface area (TPSA) is 103 Å². The number of benzene rings is 3. The van der Waals surface area contributed by atoms with E-state index >= 15 is 0 Å². The van der Waals surface area contributed by atoms with E-state index in [1.54, 1.807) is 36.8 Å². The Hall–Kier alpha value is -5.22. The summed E-state index contributed by atoms with van der Waals surface area (Å²) in [4.78, 5) is 21.2. The summed E-state index contributed by atoms with van der Waals surface area (Å²) in [7, 11) is 0. The highest BCUT2D eigenvalue weighted by Crippen LogP contribution is 2.26. The van der Waals surface area contributed by atoms with Crippen LogP contribution in [0.25, 0.3) is 10.8 Å². The number of pyridine rings is 2. The van der Waals surface area contributed by atoms with E-state index < -0.39 is 0 Å². The normalized spacial score (nSPS) is 10.4. The van der Waals surface area contributed by atoms with Crippen LogP contribution in [0.5, 0.6) is 0 Å². The van der Waals surface area contributed by atoms with Crippen LogP contribution in [0.2, 0.25) is 0 Å². The minimum atomic E-state index is -0.209. The zero-order valence-corrected chi connectivity index (χ0v) is 18.6. The van der Waals surface area contributed by atoms with Crippen molar-refractivity contribution >= 4 is 45.2 Å². The van der Waals surface area contributed by atoms with Gasteiger partial charge in [-0.25, -0.2) is 4.98 Å². The van der Waals surface area contributed by atoms with E-state index in [9.17, 15) is 10.1 Å². The molecule has 3 aromatic carbocycles. The number of hydrogen-bond acceptors (Lipinski definition) is 6. The minimum absolute atomic E-state index is 0.209. The summed E-state index contributed by atoms with van der Waals surface area (Å²) in [6.45, 7) is 0. The molecule has 0 radical (unpaired) electrons. The van der Waals surface area contributed by atoms with E-state index in [1.807, 2.05) is 66.7 Å². The van der Waals surface area contributed by atoms with Crippen LogP contribution < -0.4 is 16.0 Å². The van der Waals surface area contributed by atoms with E-state index in [0.29, 0.717) is 22.6 Å². The quantitative estimate of drug-likeness (QED) is 0.279. The van der Waals surface area contributed by atoms with Crippen LogP contribution in [0.4, 0.5) is 28.6 Å². The number of nitrogens with one attached hydrogen (secondary N) is 3. The number of aromatic nitrogens is 2. The Bertz CT molecular complexity index is 1540. The Morgan fingerprint density at radius 3 is 2.31 bits per heavy atom. The van der Waals surface area contributed by atoms with E-state index in [0.717, 1.165) is 27.8 Å². The fourth-order valence-corrected chi connectivity index (χ4v) is 3.66. The smallest absolute Gasteiger partial charge is 0.255 e. The molecule has 2 heterocycles. The van der Waals surface area contributed by atoms with E-state index in [-0.39, 0.29) is 5.91 Å². The molecule has 1 amide bonds. The van der Waals surface area contributed by atoms with Gasteiger partial charge in [0.15, 0.2) is 0 Å². The third kappa shape index (κ3) is 5.07. The number of carbonyl (C=O) groups excluding carboxylic acids is 1. The molecular formula is C28H20N6O. The molecule has 0 aliphatic rings. The first-order valence-electron chi connectivity index (χ1n) is 10.9. The molecule has 5 aromatic rings. The molecule has 0 atom stereocenters. The van der Waals surface area contributed by atoms with Crippen LogP contribution in [0.3, 0.4) is 0 Å². The van der Waals surface area contributed by atoms with Gasteiger partial charge in [-0.3, -0.25) is 9.78 Å². The van der Waals surface area contributed by atoms with Gasteiger partial charge in [0.25, 0.3) is 5.91 Å². The van der Waals surface area contributed by atoms with Gasteiger partial charge in [-0.2, -0.15) is 5.26 Å². The predicted octanol–water partition coefficient (Wildman–Crippen LogP) is 6.24. The average molecular weight is 457 g/mol. The zero-order chi connectivity index (χ0) is 24.0. The summed E-state index contributed by atoms with van der Waals surface area (Å²) in [6, 6.07) is 28.0. The van der Waals surface area contributed by atoms with Gasteiger partial charge in [-0.15, -0.1) is 0 Å². The first kappa shape index (κ1) is 21.6. The summed E-state index contributed by atoms with van der Waals surface area (Å²) in [6.07, 6.45) is 5.15. The highest BCUT2D eigenvalue weighted by molar-refractivity contribution is 6.04. The van der Waals surface area contributed by atoms with Crippen molar-refractivity contribution in [1.82, 2.24) is 9.97 Å². The second-order valence-corrected chi connectivity index (χ2v) is 7.81. The molecule has 0 aliphatic carbocycles. The van der Waals surface area contributed by atoms with Crippen molar-refractivity contribution in [2.45, 2.75) is 0 Å². The fourth-order valence-electron chi connectivity index (χ4n) is 3.66. The Morgan fingerprint density at radius 2 is 1.51 bits per heavy atom. The predicted molar refractivity (Wildman–Crippen MR) is 138 cm³/mol. The molecule has 0 aliphatic heterocycles. The third-order valence-corrected chi connectivity index (χ3v) is 5.39. The van der Waals surface area contributed by atoms with Crippen molar-refractivity contribution < 1.29 is 4.79 Å². The van der Waals surface area contributed by atoms with Crippen LogP contribution in [0.1, 0.15) is 15.9 Å². The Balaban J connectivity index is 1.28. The number of nitriles is 1. The van der Waals surface area contributed by atoms with Gasteiger partial charge in [0, 0.05) is 52.3 Å². The van der Waals surface area contributed by atoms with Crippen molar-refractivity contribution in [3.05, 3.63) is 115 Å². The first-order chi connectivity index (χ1) is 17.2. The summed E-state index contributed by atoms with van der Waals surface area (Å²) in [5, 5.41) is 20.6. The second-order valence-electron chi connectivity index (χ2n) is 7.81. The van der Waals surface area contributed by atoms with E-state index in [1.165, 1.54) is 0 Å². The maximum atomic E-state index is 12.8. The van der Waals surface area contributed by atoms with Gasteiger partial charge in [0.05, 0.1) is 11.6 Å². The van der Waals surface area contributed by atoms with Gasteiger partial charge < -0.3 is 16.0 Å². The van der Waals surface area contributed by atoms with E-state index in [4.69, 9.17) is 0 Å². The summed E-state index contributed by atoms with van der Waals surface area (Å²) in [5.74, 6) is 0.440. The van der Waals surface area contributed by atoms with Crippen molar-refractivity contribution in [2.75, 3.05) is 16.0 Å². The highest BCUT2D eigenvalue weighted by Gasteiger charge is 2.09. The SMILES string of the molecule is N#Cc1ccc2ccnc(Nc3ccc(C(=O)Nc4cccc(Nc5ccncc5)c4)cc3)c2c1. The lowest BCUT2D eigenvalue weighted by atomic mass is 10.1. The molecule has 0 unspecified atom stereocenters. The maximum absolute atomic E-state index is 12.8. The number of carbonyl (C=O) groups is 1. The second kappa shape index (κ2) is 9.73. The van der Waals surface area contributed by atoms with Gasteiger partial charge in [-0.05, 0) is 78.2 Å². The molecule has 168 valence electrons. The number of fused-ring (bicyclic) bond motifs is 1. The zero-order valence-electron chi connectivity index (χ0n) is 18.6. The van der Waals surface area contributed by atoms with Crippen LogP contribution in [-0.4, -0.2) is 15.9 Å². The lowest BCUT2D eigenvalue weighted by Crippen LogP contribution is -2.12. The summed E-state index contributed by atoms with van der Waals surface area (Å²) < 4.78 is 0. The average Bonchev–Trinajstić information content (AvgIpc) is 2.90. The van der Waals surface area contributed by atoms with Crippen molar-refractivity contribution in [3.8, 4) is 6.07 Å². The van der Waals surface area contributed by atoms with Crippen LogP contribution in [0, 0.1) is 11.3 Å². The monoisotopic (exact) mass is 456 g/mol. The number of rotatable bonds is 6. The molecule has 35 heavy (non-hydrogen) atoms. The minimum Gasteiger partial charge on any atom is -0.355 e. The Morgan fingerprint density at radius 1 is 0.743 bits per heavy atom. The van der Waals surface area contributed by atoms with Crippen LogP contribution in [0.15, 0.2) is 104 Å². The van der Waals surface area contributed by atoms with Crippen LogP contribution >= 0.6 is 0 Å². The van der Waals surface area contributed by atoms with E-state index in [2.05, 4.69) is 32.0 Å². The molecule has 0 spiro atoms. The number of nitrogens with zero attached hydrogens (tertiary/aromatic N) is 3.